The number of rotatable bonds is 7. The van der Waals surface area contributed by atoms with Crippen LogP contribution in [-0.2, 0) is 11.2 Å². The molecule has 1 aliphatic carbocycles. The van der Waals surface area contributed by atoms with Gasteiger partial charge in [0.05, 0.1) is 6.42 Å². The second-order valence-electron chi connectivity index (χ2n) is 6.73. The predicted molar refractivity (Wildman–Crippen MR) is 95.0 cm³/mol. The Balaban J connectivity index is 1.79. The summed E-state index contributed by atoms with van der Waals surface area (Å²) < 4.78 is 5.35. The Morgan fingerprint density at radius 1 is 1.25 bits per heavy atom. The highest BCUT2D eigenvalue weighted by Crippen LogP contribution is 2.29. The quantitative estimate of drug-likeness (QED) is 0.728. The molecule has 0 unspecified atom stereocenters. The van der Waals surface area contributed by atoms with Crippen molar-refractivity contribution in [1.29, 1.82) is 0 Å². The van der Waals surface area contributed by atoms with Crippen molar-refractivity contribution in [2.75, 3.05) is 6.54 Å². The first kappa shape index (κ1) is 16.7. The third kappa shape index (κ3) is 3.69. The number of amides is 1. The normalized spacial score (nSPS) is 14.3. The van der Waals surface area contributed by atoms with Gasteiger partial charge in [-0.15, -0.1) is 0 Å². The molecule has 2 aromatic rings. The lowest BCUT2D eigenvalue weighted by atomic mass is 10.0. The van der Waals surface area contributed by atoms with Crippen LogP contribution in [0.3, 0.4) is 0 Å². The number of hydrogen-bond donors (Lipinski definition) is 0. The maximum Gasteiger partial charge on any atom is 0.339 e. The number of fused-ring (bicyclic) bond motifs is 1. The summed E-state index contributed by atoms with van der Waals surface area (Å²) in [6, 6.07) is 9.56. The zero-order valence-electron chi connectivity index (χ0n) is 14.5. The van der Waals surface area contributed by atoms with Gasteiger partial charge in [-0.05, 0) is 30.9 Å². The predicted octanol–water partition coefficient (Wildman–Crippen LogP) is 3.76. The Hall–Kier alpha value is -2.10. The summed E-state index contributed by atoms with van der Waals surface area (Å²) in [7, 11) is 0. The van der Waals surface area contributed by atoms with Gasteiger partial charge in [-0.3, -0.25) is 4.79 Å². The molecule has 1 saturated carbocycles. The maximum absolute atomic E-state index is 12.8. The Kier molecular flexibility index (Phi) is 5.03. The lowest BCUT2D eigenvalue weighted by molar-refractivity contribution is -0.131. The van der Waals surface area contributed by atoms with Crippen molar-refractivity contribution < 1.29 is 9.21 Å². The fourth-order valence-electron chi connectivity index (χ4n) is 3.16. The van der Waals surface area contributed by atoms with Crippen molar-refractivity contribution in [3.63, 3.8) is 0 Å². The van der Waals surface area contributed by atoms with Crippen LogP contribution in [0.4, 0.5) is 0 Å². The van der Waals surface area contributed by atoms with E-state index in [4.69, 9.17) is 4.42 Å². The molecule has 0 spiro atoms. The Morgan fingerprint density at radius 3 is 2.62 bits per heavy atom. The van der Waals surface area contributed by atoms with Crippen molar-refractivity contribution >= 4 is 16.9 Å². The summed E-state index contributed by atoms with van der Waals surface area (Å²) in [5, 5.41) is 0.859. The van der Waals surface area contributed by atoms with E-state index in [-0.39, 0.29) is 12.3 Å². The number of benzene rings is 1. The summed E-state index contributed by atoms with van der Waals surface area (Å²) in [5.74, 6) is 0.578. The average molecular weight is 327 g/mol. The minimum atomic E-state index is -0.402. The van der Waals surface area contributed by atoms with E-state index in [0.29, 0.717) is 23.1 Å². The molecule has 1 fully saturated rings. The highest BCUT2D eigenvalue weighted by atomic mass is 16.4. The minimum Gasteiger partial charge on any atom is -0.423 e. The van der Waals surface area contributed by atoms with Crippen molar-refractivity contribution in [1.82, 2.24) is 4.90 Å². The molecule has 0 aliphatic heterocycles. The molecule has 1 aliphatic rings. The molecule has 3 rings (SSSR count). The summed E-state index contributed by atoms with van der Waals surface area (Å²) >= 11 is 0. The van der Waals surface area contributed by atoms with Gasteiger partial charge in [0.1, 0.15) is 5.58 Å². The number of nitrogens with zero attached hydrogens (tertiary/aromatic N) is 1. The average Bonchev–Trinajstić information content (AvgIpc) is 3.41. The highest BCUT2D eigenvalue weighted by Gasteiger charge is 2.33. The zero-order valence-corrected chi connectivity index (χ0v) is 14.5. The first-order valence-corrected chi connectivity index (χ1v) is 8.93. The van der Waals surface area contributed by atoms with Crippen molar-refractivity contribution in [2.45, 2.75) is 52.0 Å². The first-order valence-electron chi connectivity index (χ1n) is 8.93. The van der Waals surface area contributed by atoms with Gasteiger partial charge >= 0.3 is 5.63 Å². The van der Waals surface area contributed by atoms with Crippen LogP contribution < -0.4 is 5.63 Å². The Morgan fingerprint density at radius 2 is 1.96 bits per heavy atom. The fourth-order valence-corrected chi connectivity index (χ4v) is 3.16. The highest BCUT2D eigenvalue weighted by molar-refractivity contribution is 5.82. The molecule has 1 aromatic carbocycles. The van der Waals surface area contributed by atoms with Gasteiger partial charge in [-0.1, -0.05) is 44.9 Å². The van der Waals surface area contributed by atoms with Gasteiger partial charge in [-0.2, -0.15) is 0 Å². The van der Waals surface area contributed by atoms with E-state index in [1.54, 1.807) is 12.1 Å². The van der Waals surface area contributed by atoms with Gasteiger partial charge in [0.2, 0.25) is 5.91 Å². The van der Waals surface area contributed by atoms with E-state index in [1.165, 1.54) is 0 Å². The van der Waals surface area contributed by atoms with Crippen molar-refractivity contribution in [3.8, 4) is 0 Å². The molecule has 4 heteroatoms. The molecule has 24 heavy (non-hydrogen) atoms. The van der Waals surface area contributed by atoms with Crippen LogP contribution in [0.15, 0.2) is 39.5 Å². The molecule has 128 valence electrons. The van der Waals surface area contributed by atoms with E-state index >= 15 is 0 Å². The van der Waals surface area contributed by atoms with E-state index in [1.807, 2.05) is 23.1 Å². The number of carbonyl (C=O) groups is 1. The summed E-state index contributed by atoms with van der Waals surface area (Å²) in [6.07, 6.45) is 4.44. The monoisotopic (exact) mass is 327 g/mol. The minimum absolute atomic E-state index is 0.0481. The molecule has 1 aromatic heterocycles. The largest absolute Gasteiger partial charge is 0.423 e. The SMILES string of the molecule is CCC(CC)CN(C(=O)Cc1cc2ccccc2oc1=O)C1CC1. The van der Waals surface area contributed by atoms with Crippen LogP contribution >= 0.6 is 0 Å². The zero-order chi connectivity index (χ0) is 17.1. The second-order valence-corrected chi connectivity index (χ2v) is 6.73. The molecular formula is C20H25NO3. The van der Waals surface area contributed by atoms with Gasteiger partial charge in [0.25, 0.3) is 0 Å². The lowest BCUT2D eigenvalue weighted by Gasteiger charge is -2.26. The van der Waals surface area contributed by atoms with Crippen LogP contribution in [-0.4, -0.2) is 23.4 Å². The molecule has 4 nitrogen and oxygen atoms in total. The van der Waals surface area contributed by atoms with Gasteiger partial charge in [0, 0.05) is 23.5 Å². The van der Waals surface area contributed by atoms with Crippen molar-refractivity contribution in [2.24, 2.45) is 5.92 Å². The summed E-state index contributed by atoms with van der Waals surface area (Å²) in [5.41, 5.74) is 0.615. The van der Waals surface area contributed by atoms with E-state index in [2.05, 4.69) is 13.8 Å². The van der Waals surface area contributed by atoms with E-state index in [9.17, 15) is 9.59 Å². The van der Waals surface area contributed by atoms with Gasteiger partial charge in [0.15, 0.2) is 0 Å². The van der Waals surface area contributed by atoms with Crippen LogP contribution in [0.1, 0.15) is 45.1 Å². The summed E-state index contributed by atoms with van der Waals surface area (Å²) in [4.78, 5) is 27.0. The molecule has 0 saturated heterocycles. The van der Waals surface area contributed by atoms with E-state index < -0.39 is 5.63 Å². The lowest BCUT2D eigenvalue weighted by Crippen LogP contribution is -2.38. The third-order valence-electron chi connectivity index (χ3n) is 4.97. The third-order valence-corrected chi connectivity index (χ3v) is 4.97. The van der Waals surface area contributed by atoms with Gasteiger partial charge < -0.3 is 9.32 Å². The van der Waals surface area contributed by atoms with Crippen LogP contribution in [0.2, 0.25) is 0 Å². The maximum atomic E-state index is 12.8. The van der Waals surface area contributed by atoms with E-state index in [0.717, 1.165) is 37.6 Å². The van der Waals surface area contributed by atoms with Crippen LogP contribution in [0.5, 0.6) is 0 Å². The fraction of sp³-hybridized carbons (Fsp3) is 0.500. The summed E-state index contributed by atoms with van der Waals surface area (Å²) in [6.45, 7) is 5.14. The van der Waals surface area contributed by atoms with Gasteiger partial charge in [-0.25, -0.2) is 4.79 Å². The number of carbonyl (C=O) groups excluding carboxylic acids is 1. The number of para-hydroxylation sites is 1. The smallest absolute Gasteiger partial charge is 0.339 e. The molecule has 1 amide bonds. The topological polar surface area (TPSA) is 50.5 Å². The van der Waals surface area contributed by atoms with Crippen LogP contribution in [0, 0.1) is 5.92 Å². The molecule has 1 heterocycles. The Labute approximate surface area is 142 Å². The molecule has 0 N–H and O–H groups in total. The second kappa shape index (κ2) is 7.20. The molecule has 0 radical (unpaired) electrons. The molecule has 0 atom stereocenters. The van der Waals surface area contributed by atoms with Crippen molar-refractivity contribution in [3.05, 3.63) is 46.3 Å². The molecular weight excluding hydrogens is 302 g/mol. The standard InChI is InChI=1S/C20H25NO3/c1-3-14(4-2)13-21(17-9-10-17)19(22)12-16-11-15-7-5-6-8-18(15)24-20(16)23/h5-8,11,14,17H,3-4,9-10,12-13H2,1-2H3. The van der Waals surface area contributed by atoms with Crippen LogP contribution in [0.25, 0.3) is 11.0 Å². The Bertz CT molecular complexity index is 772. The number of hydrogen-bond acceptors (Lipinski definition) is 3. The molecule has 0 bridgehead atoms. The first-order chi connectivity index (χ1) is 11.6.